The van der Waals surface area contributed by atoms with E-state index in [0.717, 1.165) is 0 Å². The molecular formula is C13H25NO2. The average molecular weight is 227 g/mol. The van der Waals surface area contributed by atoms with Gasteiger partial charge in [-0.15, -0.1) is 0 Å². The molecule has 0 aromatic rings. The van der Waals surface area contributed by atoms with Crippen molar-refractivity contribution < 1.29 is 9.59 Å². The standard InChI is InChI=1S/C13H25NO2/c1-9(10(15)12(2,3)4)8-14-11(16)13(5,6)7/h9H,8H2,1-7H3,(H,14,16)/t9-/m1/s1. The van der Waals surface area contributed by atoms with Crippen LogP contribution in [0.25, 0.3) is 0 Å². The zero-order valence-corrected chi connectivity index (χ0v) is 11.6. The molecule has 0 bridgehead atoms. The monoisotopic (exact) mass is 227 g/mol. The van der Waals surface area contributed by atoms with Crippen LogP contribution in [0.1, 0.15) is 48.5 Å². The molecule has 16 heavy (non-hydrogen) atoms. The zero-order valence-electron chi connectivity index (χ0n) is 11.6. The van der Waals surface area contributed by atoms with Crippen molar-refractivity contribution in [3.63, 3.8) is 0 Å². The molecule has 1 N–H and O–H groups in total. The molecule has 0 spiro atoms. The van der Waals surface area contributed by atoms with Crippen LogP contribution in [-0.4, -0.2) is 18.2 Å². The lowest BCUT2D eigenvalue weighted by molar-refractivity contribution is -0.131. The molecule has 0 aromatic heterocycles. The summed E-state index contributed by atoms with van der Waals surface area (Å²) >= 11 is 0. The highest BCUT2D eigenvalue weighted by Gasteiger charge is 2.28. The third-order valence-corrected chi connectivity index (χ3v) is 2.44. The smallest absolute Gasteiger partial charge is 0.225 e. The van der Waals surface area contributed by atoms with E-state index < -0.39 is 5.41 Å². The van der Waals surface area contributed by atoms with Crippen LogP contribution in [0.2, 0.25) is 0 Å². The van der Waals surface area contributed by atoms with Crippen LogP contribution in [0.15, 0.2) is 0 Å². The second-order valence-corrected chi connectivity index (χ2v) is 6.48. The Morgan fingerprint density at radius 3 is 1.75 bits per heavy atom. The Balaban J connectivity index is 4.25. The maximum absolute atomic E-state index is 11.9. The van der Waals surface area contributed by atoms with Gasteiger partial charge in [-0.05, 0) is 0 Å². The van der Waals surface area contributed by atoms with Gasteiger partial charge in [0.2, 0.25) is 5.91 Å². The van der Waals surface area contributed by atoms with Crippen molar-refractivity contribution in [2.24, 2.45) is 16.7 Å². The summed E-state index contributed by atoms with van der Waals surface area (Å²) in [6.45, 7) is 13.6. The van der Waals surface area contributed by atoms with Gasteiger partial charge in [0.1, 0.15) is 5.78 Å². The zero-order chi connectivity index (χ0) is 13.1. The molecule has 0 fully saturated rings. The van der Waals surface area contributed by atoms with Crippen molar-refractivity contribution in [3.05, 3.63) is 0 Å². The quantitative estimate of drug-likeness (QED) is 0.804. The third kappa shape index (κ3) is 4.77. The second-order valence-electron chi connectivity index (χ2n) is 6.48. The van der Waals surface area contributed by atoms with Gasteiger partial charge >= 0.3 is 0 Å². The van der Waals surface area contributed by atoms with Crippen molar-refractivity contribution in [1.82, 2.24) is 5.32 Å². The number of carbonyl (C=O) groups is 2. The van der Waals surface area contributed by atoms with E-state index in [2.05, 4.69) is 5.32 Å². The Labute approximate surface area is 99.0 Å². The predicted molar refractivity (Wildman–Crippen MR) is 66.1 cm³/mol. The Hall–Kier alpha value is -0.860. The molecule has 3 nitrogen and oxygen atoms in total. The first-order valence-corrected chi connectivity index (χ1v) is 5.79. The number of rotatable bonds is 3. The van der Waals surface area contributed by atoms with Gasteiger partial charge < -0.3 is 5.32 Å². The molecule has 0 aromatic carbocycles. The van der Waals surface area contributed by atoms with Gasteiger partial charge in [-0.25, -0.2) is 0 Å². The van der Waals surface area contributed by atoms with Gasteiger partial charge in [-0.2, -0.15) is 0 Å². The van der Waals surface area contributed by atoms with E-state index in [0.29, 0.717) is 6.54 Å². The minimum Gasteiger partial charge on any atom is -0.355 e. The number of nitrogens with one attached hydrogen (secondary N) is 1. The van der Waals surface area contributed by atoms with E-state index in [4.69, 9.17) is 0 Å². The van der Waals surface area contributed by atoms with E-state index in [1.54, 1.807) is 0 Å². The van der Waals surface area contributed by atoms with Crippen LogP contribution in [0.3, 0.4) is 0 Å². The summed E-state index contributed by atoms with van der Waals surface area (Å²) in [5.74, 6) is 0.0362. The van der Waals surface area contributed by atoms with Crippen molar-refractivity contribution >= 4 is 11.7 Å². The topological polar surface area (TPSA) is 46.2 Å². The van der Waals surface area contributed by atoms with Crippen molar-refractivity contribution in [2.45, 2.75) is 48.5 Å². The van der Waals surface area contributed by atoms with Crippen molar-refractivity contribution in [1.29, 1.82) is 0 Å². The summed E-state index contributed by atoms with van der Waals surface area (Å²) < 4.78 is 0. The normalized spacial score (nSPS) is 14.4. The van der Waals surface area contributed by atoms with Gasteiger partial charge in [0.05, 0.1) is 0 Å². The highest BCUT2D eigenvalue weighted by atomic mass is 16.2. The summed E-state index contributed by atoms with van der Waals surface area (Å²) in [5.41, 5.74) is -0.740. The summed E-state index contributed by atoms with van der Waals surface area (Å²) in [6.07, 6.45) is 0. The van der Waals surface area contributed by atoms with Crippen LogP contribution in [0, 0.1) is 16.7 Å². The molecule has 0 unspecified atom stereocenters. The summed E-state index contributed by atoms with van der Waals surface area (Å²) in [7, 11) is 0. The predicted octanol–water partition coefficient (Wildman–Crippen LogP) is 2.40. The minimum atomic E-state index is -0.398. The highest BCUT2D eigenvalue weighted by molar-refractivity contribution is 5.87. The molecule has 0 aliphatic carbocycles. The second kappa shape index (κ2) is 4.98. The first-order valence-electron chi connectivity index (χ1n) is 5.79. The fourth-order valence-corrected chi connectivity index (χ4v) is 1.34. The van der Waals surface area contributed by atoms with Gasteiger partial charge in [-0.3, -0.25) is 9.59 Å². The summed E-state index contributed by atoms with van der Waals surface area (Å²) in [5, 5.41) is 2.82. The molecule has 0 heterocycles. The number of ketones is 1. The van der Waals surface area contributed by atoms with Crippen LogP contribution in [0.5, 0.6) is 0 Å². The van der Waals surface area contributed by atoms with E-state index in [-0.39, 0.29) is 23.0 Å². The summed E-state index contributed by atoms with van der Waals surface area (Å²) in [6, 6.07) is 0. The number of hydrogen-bond donors (Lipinski definition) is 1. The maximum atomic E-state index is 11.9. The van der Waals surface area contributed by atoms with E-state index in [1.165, 1.54) is 0 Å². The van der Waals surface area contributed by atoms with Crippen LogP contribution in [0.4, 0.5) is 0 Å². The Morgan fingerprint density at radius 1 is 1.00 bits per heavy atom. The number of hydrogen-bond acceptors (Lipinski definition) is 2. The Morgan fingerprint density at radius 2 is 1.44 bits per heavy atom. The van der Waals surface area contributed by atoms with Crippen molar-refractivity contribution in [2.75, 3.05) is 6.54 Å². The fraction of sp³-hybridized carbons (Fsp3) is 0.846. The molecule has 0 aliphatic heterocycles. The highest BCUT2D eigenvalue weighted by Crippen LogP contribution is 2.20. The lowest BCUT2D eigenvalue weighted by atomic mass is 9.83. The average Bonchev–Trinajstić information content (AvgIpc) is 2.09. The first-order chi connectivity index (χ1) is 6.96. The Bertz CT molecular complexity index is 269. The number of carbonyl (C=O) groups excluding carboxylic acids is 2. The minimum absolute atomic E-state index is 0.0129. The number of amides is 1. The fourth-order valence-electron chi connectivity index (χ4n) is 1.34. The molecule has 0 saturated carbocycles. The molecule has 0 saturated heterocycles. The molecule has 3 heteroatoms. The lowest BCUT2D eigenvalue weighted by Gasteiger charge is -2.24. The first kappa shape index (κ1) is 15.1. The van der Waals surface area contributed by atoms with Gasteiger partial charge in [0, 0.05) is 23.3 Å². The van der Waals surface area contributed by atoms with Gasteiger partial charge in [-0.1, -0.05) is 48.5 Å². The molecular weight excluding hydrogens is 202 g/mol. The molecule has 1 amide bonds. The molecule has 94 valence electrons. The third-order valence-electron chi connectivity index (χ3n) is 2.44. The van der Waals surface area contributed by atoms with E-state index in [9.17, 15) is 9.59 Å². The largest absolute Gasteiger partial charge is 0.355 e. The van der Waals surface area contributed by atoms with E-state index in [1.807, 2.05) is 48.5 Å². The molecule has 1 atom stereocenters. The van der Waals surface area contributed by atoms with Crippen LogP contribution < -0.4 is 5.32 Å². The Kier molecular flexibility index (Phi) is 4.71. The SMILES string of the molecule is C[C@H](CNC(=O)C(C)(C)C)C(=O)C(C)(C)C. The van der Waals surface area contributed by atoms with Crippen LogP contribution >= 0.6 is 0 Å². The van der Waals surface area contributed by atoms with Crippen molar-refractivity contribution in [3.8, 4) is 0 Å². The molecule has 0 radical (unpaired) electrons. The van der Waals surface area contributed by atoms with Gasteiger partial charge in [0.25, 0.3) is 0 Å². The maximum Gasteiger partial charge on any atom is 0.225 e. The molecule has 0 rings (SSSR count). The van der Waals surface area contributed by atoms with E-state index >= 15 is 0 Å². The van der Waals surface area contributed by atoms with Crippen LogP contribution in [-0.2, 0) is 9.59 Å². The number of Topliss-reactive ketones (excluding diaryl/α,β-unsaturated/α-hetero) is 1. The summed E-state index contributed by atoms with van der Waals surface area (Å²) in [4.78, 5) is 23.5. The van der Waals surface area contributed by atoms with Gasteiger partial charge in [0.15, 0.2) is 0 Å². The lowest BCUT2D eigenvalue weighted by Crippen LogP contribution is -2.40. The molecule has 0 aliphatic rings.